The number of aromatic amines is 1. The third-order valence-electron chi connectivity index (χ3n) is 2.96. The summed E-state index contributed by atoms with van der Waals surface area (Å²) >= 11 is 5.81. The van der Waals surface area contributed by atoms with Crippen LogP contribution in [0.15, 0.2) is 53.3 Å². The van der Waals surface area contributed by atoms with Crippen LogP contribution in [-0.4, -0.2) is 23.2 Å². The summed E-state index contributed by atoms with van der Waals surface area (Å²) in [5.74, 6) is 0.431. The van der Waals surface area contributed by atoms with Crippen molar-refractivity contribution in [2.75, 3.05) is 6.61 Å². The van der Waals surface area contributed by atoms with Crippen LogP contribution in [0.3, 0.4) is 0 Å². The van der Waals surface area contributed by atoms with Crippen molar-refractivity contribution in [1.29, 1.82) is 0 Å². The molecule has 5 nitrogen and oxygen atoms in total. The van der Waals surface area contributed by atoms with E-state index in [-0.39, 0.29) is 12.5 Å². The van der Waals surface area contributed by atoms with Gasteiger partial charge in [-0.15, -0.1) is 0 Å². The molecule has 3 rings (SSSR count). The lowest BCUT2D eigenvalue weighted by molar-refractivity contribution is -0.116. The summed E-state index contributed by atoms with van der Waals surface area (Å²) in [5, 5.41) is 4.64. The van der Waals surface area contributed by atoms with Crippen molar-refractivity contribution in [1.82, 2.24) is 10.4 Å². The Balaban J connectivity index is 1.72. The first-order valence-corrected chi connectivity index (χ1v) is 6.71. The van der Waals surface area contributed by atoms with Crippen molar-refractivity contribution in [3.05, 3.63) is 58.9 Å². The van der Waals surface area contributed by atoms with Gasteiger partial charge in [-0.1, -0.05) is 11.6 Å². The van der Waals surface area contributed by atoms with Crippen molar-refractivity contribution in [2.45, 2.75) is 0 Å². The number of hydrazone groups is 1. The molecule has 1 aromatic carbocycles. The van der Waals surface area contributed by atoms with Gasteiger partial charge in [0.15, 0.2) is 0 Å². The van der Waals surface area contributed by atoms with Crippen LogP contribution in [0.25, 0.3) is 6.08 Å². The average molecular weight is 302 g/mol. The lowest BCUT2D eigenvalue weighted by Gasteiger charge is -2.06. The SMILES string of the molecule is O=C1NN=C(COc2ccc(Cl)cc2)C1=Cc1ccc[nH]1. The molecule has 0 radical (unpaired) electrons. The van der Waals surface area contributed by atoms with Gasteiger partial charge < -0.3 is 9.72 Å². The largest absolute Gasteiger partial charge is 0.487 e. The number of carbonyl (C=O) groups excluding carboxylic acids is 1. The molecule has 1 aliphatic rings. The zero-order valence-electron chi connectivity index (χ0n) is 11.0. The van der Waals surface area contributed by atoms with Crippen molar-refractivity contribution in [3.63, 3.8) is 0 Å². The Morgan fingerprint density at radius 3 is 2.76 bits per heavy atom. The fourth-order valence-corrected chi connectivity index (χ4v) is 2.03. The minimum atomic E-state index is -0.237. The molecule has 0 atom stereocenters. The Labute approximate surface area is 126 Å². The topological polar surface area (TPSA) is 66.5 Å². The summed E-state index contributed by atoms with van der Waals surface area (Å²) in [6, 6.07) is 10.7. The summed E-state index contributed by atoms with van der Waals surface area (Å²) in [4.78, 5) is 14.8. The molecule has 0 fully saturated rings. The highest BCUT2D eigenvalue weighted by Crippen LogP contribution is 2.17. The number of rotatable bonds is 4. The van der Waals surface area contributed by atoms with E-state index in [1.165, 1.54) is 0 Å². The molecule has 6 heteroatoms. The Morgan fingerprint density at radius 2 is 2.05 bits per heavy atom. The fraction of sp³-hybridized carbons (Fsp3) is 0.0667. The summed E-state index contributed by atoms with van der Waals surface area (Å²) in [7, 11) is 0. The third kappa shape index (κ3) is 3.14. The first kappa shape index (κ1) is 13.5. The molecule has 0 unspecified atom stereocenters. The van der Waals surface area contributed by atoms with Crippen molar-refractivity contribution in [3.8, 4) is 5.75 Å². The van der Waals surface area contributed by atoms with Gasteiger partial charge in [0.1, 0.15) is 18.1 Å². The first-order valence-electron chi connectivity index (χ1n) is 6.33. The minimum absolute atomic E-state index is 0.201. The maximum atomic E-state index is 11.8. The second kappa shape index (κ2) is 5.85. The highest BCUT2D eigenvalue weighted by molar-refractivity contribution is 6.30. The van der Waals surface area contributed by atoms with Crippen LogP contribution >= 0.6 is 11.6 Å². The maximum Gasteiger partial charge on any atom is 0.273 e. The normalized spacial score (nSPS) is 16.0. The van der Waals surface area contributed by atoms with Gasteiger partial charge in [0.25, 0.3) is 5.91 Å². The number of hydrogen-bond acceptors (Lipinski definition) is 3. The van der Waals surface area contributed by atoms with E-state index in [1.807, 2.05) is 12.1 Å². The van der Waals surface area contributed by atoms with E-state index in [9.17, 15) is 4.79 Å². The number of aromatic nitrogens is 1. The Kier molecular flexibility index (Phi) is 3.75. The quantitative estimate of drug-likeness (QED) is 0.853. The Bertz CT molecular complexity index is 703. The Hall–Kier alpha value is -2.53. The number of nitrogens with one attached hydrogen (secondary N) is 2. The van der Waals surface area contributed by atoms with E-state index in [2.05, 4.69) is 15.5 Å². The van der Waals surface area contributed by atoms with Crippen LogP contribution in [0, 0.1) is 0 Å². The number of nitrogens with zero attached hydrogens (tertiary/aromatic N) is 1. The number of halogens is 1. The predicted octanol–water partition coefficient (Wildman–Crippen LogP) is 2.62. The number of ether oxygens (including phenoxy) is 1. The molecule has 2 aromatic rings. The molecule has 106 valence electrons. The van der Waals surface area contributed by atoms with E-state index in [0.29, 0.717) is 22.1 Å². The number of benzene rings is 1. The average Bonchev–Trinajstić information content (AvgIpc) is 3.11. The molecule has 0 aliphatic carbocycles. The van der Waals surface area contributed by atoms with Crippen LogP contribution in [-0.2, 0) is 4.79 Å². The Morgan fingerprint density at radius 1 is 1.24 bits per heavy atom. The molecule has 0 saturated carbocycles. The number of carbonyl (C=O) groups is 1. The molecule has 0 bridgehead atoms. The minimum Gasteiger partial charge on any atom is -0.487 e. The summed E-state index contributed by atoms with van der Waals surface area (Å²) in [6.07, 6.45) is 3.53. The van der Waals surface area contributed by atoms with Gasteiger partial charge >= 0.3 is 0 Å². The van der Waals surface area contributed by atoms with Gasteiger partial charge in [0.2, 0.25) is 0 Å². The first-order chi connectivity index (χ1) is 10.2. The van der Waals surface area contributed by atoms with E-state index in [1.54, 1.807) is 36.5 Å². The lowest BCUT2D eigenvalue weighted by Crippen LogP contribution is -2.16. The van der Waals surface area contributed by atoms with Gasteiger partial charge in [-0.3, -0.25) is 4.79 Å². The van der Waals surface area contributed by atoms with E-state index >= 15 is 0 Å². The van der Waals surface area contributed by atoms with Crippen molar-refractivity contribution >= 4 is 29.3 Å². The van der Waals surface area contributed by atoms with Gasteiger partial charge in [-0.2, -0.15) is 5.10 Å². The van der Waals surface area contributed by atoms with Crippen molar-refractivity contribution < 1.29 is 9.53 Å². The molecule has 0 spiro atoms. The number of amides is 1. The maximum absolute atomic E-state index is 11.8. The molecule has 2 N–H and O–H groups in total. The summed E-state index contributed by atoms with van der Waals surface area (Å²) in [5.41, 5.74) is 4.33. The van der Waals surface area contributed by atoms with E-state index in [0.717, 1.165) is 5.69 Å². The molecule has 1 aromatic heterocycles. The van der Waals surface area contributed by atoms with E-state index < -0.39 is 0 Å². The lowest BCUT2D eigenvalue weighted by atomic mass is 10.1. The monoisotopic (exact) mass is 301 g/mol. The highest BCUT2D eigenvalue weighted by Gasteiger charge is 2.23. The van der Waals surface area contributed by atoms with E-state index in [4.69, 9.17) is 16.3 Å². The molecular formula is C15H12ClN3O2. The van der Waals surface area contributed by atoms with Crippen LogP contribution in [0.5, 0.6) is 5.75 Å². The highest BCUT2D eigenvalue weighted by atomic mass is 35.5. The van der Waals surface area contributed by atoms with Gasteiger partial charge in [0.05, 0.1) is 5.57 Å². The zero-order valence-corrected chi connectivity index (χ0v) is 11.7. The fourth-order valence-electron chi connectivity index (χ4n) is 1.90. The van der Waals surface area contributed by atoms with Crippen LogP contribution < -0.4 is 10.2 Å². The van der Waals surface area contributed by atoms with Crippen LogP contribution in [0.4, 0.5) is 0 Å². The smallest absolute Gasteiger partial charge is 0.273 e. The second-order valence-corrected chi connectivity index (χ2v) is 4.86. The van der Waals surface area contributed by atoms with Gasteiger partial charge in [-0.25, -0.2) is 5.43 Å². The molecule has 0 saturated heterocycles. The number of H-pyrrole nitrogens is 1. The molecule has 1 amide bonds. The standard InChI is InChI=1S/C15H12ClN3O2/c16-10-3-5-12(6-4-10)21-9-14-13(15(20)19-18-14)8-11-2-1-7-17-11/h1-8,17H,9H2,(H,19,20). The van der Waals surface area contributed by atoms with Crippen molar-refractivity contribution in [2.24, 2.45) is 5.10 Å². The summed E-state index contributed by atoms with van der Waals surface area (Å²) in [6.45, 7) is 0.201. The molecular weight excluding hydrogens is 290 g/mol. The third-order valence-corrected chi connectivity index (χ3v) is 3.21. The summed E-state index contributed by atoms with van der Waals surface area (Å²) < 4.78 is 5.61. The number of hydrogen-bond donors (Lipinski definition) is 2. The zero-order chi connectivity index (χ0) is 14.7. The van der Waals surface area contributed by atoms with Gasteiger partial charge in [-0.05, 0) is 42.5 Å². The van der Waals surface area contributed by atoms with Crippen LogP contribution in [0.2, 0.25) is 5.02 Å². The van der Waals surface area contributed by atoms with Gasteiger partial charge in [0, 0.05) is 16.9 Å². The molecule has 2 heterocycles. The second-order valence-electron chi connectivity index (χ2n) is 4.43. The molecule has 1 aliphatic heterocycles. The predicted molar refractivity (Wildman–Crippen MR) is 81.3 cm³/mol. The van der Waals surface area contributed by atoms with Crippen LogP contribution in [0.1, 0.15) is 5.69 Å². The molecule has 21 heavy (non-hydrogen) atoms.